The number of esters is 1. The SMILES string of the molecule is CC(C)C[C@H](NC(=O)[C@H](CCCCN)NC(=O)[C@H](CC(C)C)NC(=O)[C@H](CCCCN)NC(=O)[C@H](CC(C)C)NC(=O)[C@@H](N)CCCCN)C(=O)N[C@@H](CCCCN)C(=O)N[C@@H](CC(C)C)C(=O)N[C@@H](CCCCN)C(=O)Oc1ccccc1. The number of ether oxygens (including phenoxy) is 1. The Kier molecular flexibility index (Phi) is 39.7. The molecule has 1 rings (SSSR count). The van der Waals surface area contributed by atoms with Crippen molar-refractivity contribution in [2.24, 2.45) is 58.1 Å². The Bertz CT molecular complexity index is 2100. The Balaban J connectivity index is 3.54. The standard InChI is InChI=1S/C60H110N14O10/c1-38(2)34-48(71-52(75)43(66)24-12-17-29-61)56(79)67-44(25-13-18-30-62)53(76)72-49(35-39(3)4)57(80)68-45(26-14-19-31-63)54(77)73-50(36-40(5)6)58(81)69-46(27-15-20-32-64)55(78)74-51(37-41(7)8)59(82)70-47(28-16-21-33-65)60(83)84-42-22-10-9-11-23-42/h9-11,22-23,38-41,43-51H,12-21,24-37,61-66H2,1-8H3,(H,67,79)(H,68,80)(H,69,81)(H,70,82)(H,71,75)(H,72,76)(H,73,77)(H,74,78)/t43-,44-,45-,46-,47-,48-,49-,50-,51-/m0/s1. The van der Waals surface area contributed by atoms with Gasteiger partial charge in [-0.3, -0.25) is 38.4 Å². The molecule has 0 spiro atoms. The normalized spacial score (nSPS) is 14.7. The summed E-state index contributed by atoms with van der Waals surface area (Å²) in [6, 6.07) is -1.49. The van der Waals surface area contributed by atoms with Gasteiger partial charge in [-0.15, -0.1) is 0 Å². The summed E-state index contributed by atoms with van der Waals surface area (Å²) in [5.74, 6) is -5.85. The van der Waals surface area contributed by atoms with Gasteiger partial charge in [-0.05, 0) is 184 Å². The van der Waals surface area contributed by atoms with E-state index < -0.39 is 108 Å². The highest BCUT2D eigenvalue weighted by Crippen LogP contribution is 2.16. The second kappa shape index (κ2) is 43.8. The maximum atomic E-state index is 14.5. The van der Waals surface area contributed by atoms with E-state index in [1.165, 1.54) is 0 Å². The number of nitrogens with one attached hydrogen (secondary N) is 8. The van der Waals surface area contributed by atoms with Crippen molar-refractivity contribution in [3.05, 3.63) is 30.3 Å². The highest BCUT2D eigenvalue weighted by molar-refractivity contribution is 5.98. The number of carbonyl (C=O) groups excluding carboxylic acids is 9. The molecule has 0 aromatic heterocycles. The number of amides is 8. The van der Waals surface area contributed by atoms with Crippen LogP contribution in [-0.4, -0.2) is 140 Å². The smallest absolute Gasteiger partial charge is 0.334 e. The van der Waals surface area contributed by atoms with Crippen LogP contribution < -0.4 is 81.7 Å². The molecule has 0 saturated heterocycles. The van der Waals surface area contributed by atoms with Crippen molar-refractivity contribution in [2.75, 3.05) is 32.7 Å². The van der Waals surface area contributed by atoms with Gasteiger partial charge in [0.05, 0.1) is 6.04 Å². The average molecular weight is 1190 g/mol. The largest absolute Gasteiger partial charge is 0.425 e. The van der Waals surface area contributed by atoms with Gasteiger partial charge in [-0.25, -0.2) is 4.79 Å². The van der Waals surface area contributed by atoms with E-state index in [0.717, 1.165) is 0 Å². The van der Waals surface area contributed by atoms with Gasteiger partial charge in [0.25, 0.3) is 0 Å². The first-order valence-corrected chi connectivity index (χ1v) is 30.9. The fourth-order valence-electron chi connectivity index (χ4n) is 9.34. The Labute approximate surface area is 500 Å². The van der Waals surface area contributed by atoms with Gasteiger partial charge in [-0.2, -0.15) is 0 Å². The van der Waals surface area contributed by atoms with Crippen LogP contribution in [0.5, 0.6) is 5.75 Å². The first-order chi connectivity index (χ1) is 39.9. The lowest BCUT2D eigenvalue weighted by Gasteiger charge is -2.29. The fourth-order valence-corrected chi connectivity index (χ4v) is 9.34. The van der Waals surface area contributed by atoms with Crippen molar-refractivity contribution < 1.29 is 47.9 Å². The molecule has 20 N–H and O–H groups in total. The van der Waals surface area contributed by atoms with E-state index in [1.807, 2.05) is 55.4 Å². The summed E-state index contributed by atoms with van der Waals surface area (Å²) in [5.41, 5.74) is 35.0. The van der Waals surface area contributed by atoms with Crippen LogP contribution in [0.1, 0.15) is 177 Å². The zero-order valence-electron chi connectivity index (χ0n) is 51.9. The van der Waals surface area contributed by atoms with Crippen molar-refractivity contribution in [2.45, 2.75) is 232 Å². The first kappa shape index (κ1) is 76.2. The van der Waals surface area contributed by atoms with Gasteiger partial charge >= 0.3 is 5.97 Å². The molecule has 0 fully saturated rings. The van der Waals surface area contributed by atoms with Gasteiger partial charge in [0.1, 0.15) is 54.1 Å². The molecule has 0 saturated carbocycles. The maximum Gasteiger partial charge on any atom is 0.334 e. The molecule has 0 bridgehead atoms. The van der Waals surface area contributed by atoms with Crippen molar-refractivity contribution >= 4 is 53.2 Å². The van der Waals surface area contributed by atoms with Crippen LogP contribution in [-0.2, 0) is 43.2 Å². The van der Waals surface area contributed by atoms with Crippen molar-refractivity contribution in [1.82, 2.24) is 42.5 Å². The fraction of sp³-hybridized carbons (Fsp3) is 0.750. The minimum atomic E-state index is -1.21. The van der Waals surface area contributed by atoms with Gasteiger partial charge in [0, 0.05) is 0 Å². The van der Waals surface area contributed by atoms with E-state index in [0.29, 0.717) is 109 Å². The van der Waals surface area contributed by atoms with Crippen LogP contribution in [0.3, 0.4) is 0 Å². The molecule has 1 aromatic rings. The zero-order valence-corrected chi connectivity index (χ0v) is 51.9. The number of rotatable bonds is 46. The molecule has 24 heteroatoms. The van der Waals surface area contributed by atoms with Crippen LogP contribution in [0, 0.1) is 23.7 Å². The van der Waals surface area contributed by atoms with Crippen LogP contribution >= 0.6 is 0 Å². The number of hydrogen-bond acceptors (Lipinski definition) is 16. The summed E-state index contributed by atoms with van der Waals surface area (Å²) in [6.45, 7) is 16.8. The molecule has 480 valence electrons. The summed E-state index contributed by atoms with van der Waals surface area (Å²) >= 11 is 0. The topological polar surface area (TPSA) is 415 Å². The Morgan fingerprint density at radius 2 is 0.571 bits per heavy atom. The van der Waals surface area contributed by atoms with Crippen molar-refractivity contribution in [3.8, 4) is 5.75 Å². The summed E-state index contributed by atoms with van der Waals surface area (Å²) < 4.78 is 5.60. The lowest BCUT2D eigenvalue weighted by Crippen LogP contribution is -2.60. The number of unbranched alkanes of at least 4 members (excludes halogenated alkanes) is 5. The molecule has 0 unspecified atom stereocenters. The van der Waals surface area contributed by atoms with E-state index in [-0.39, 0.29) is 75.0 Å². The lowest BCUT2D eigenvalue weighted by molar-refractivity contribution is -0.140. The van der Waals surface area contributed by atoms with Gasteiger partial charge in [0.2, 0.25) is 47.3 Å². The van der Waals surface area contributed by atoms with Crippen LogP contribution in [0.4, 0.5) is 0 Å². The van der Waals surface area contributed by atoms with Crippen molar-refractivity contribution in [3.63, 3.8) is 0 Å². The predicted molar refractivity (Wildman–Crippen MR) is 328 cm³/mol. The molecule has 8 amide bonds. The molecule has 84 heavy (non-hydrogen) atoms. The third-order valence-electron chi connectivity index (χ3n) is 13.9. The summed E-state index contributed by atoms with van der Waals surface area (Å²) in [4.78, 5) is 127. The minimum absolute atomic E-state index is 0.0224. The molecule has 1 aromatic carbocycles. The molecule has 0 radical (unpaired) electrons. The number of benzene rings is 1. The summed E-state index contributed by atoms with van der Waals surface area (Å²) in [7, 11) is 0. The van der Waals surface area contributed by atoms with E-state index >= 15 is 0 Å². The lowest BCUT2D eigenvalue weighted by atomic mass is 9.99. The molecule has 9 atom stereocenters. The monoisotopic (exact) mass is 1190 g/mol. The van der Waals surface area contributed by atoms with Crippen molar-refractivity contribution in [1.29, 1.82) is 0 Å². The molecule has 0 aliphatic heterocycles. The van der Waals surface area contributed by atoms with E-state index in [9.17, 15) is 43.2 Å². The van der Waals surface area contributed by atoms with Gasteiger partial charge < -0.3 is 81.7 Å². The highest BCUT2D eigenvalue weighted by atomic mass is 16.5. The van der Waals surface area contributed by atoms with Gasteiger partial charge in [-0.1, -0.05) is 80.0 Å². The van der Waals surface area contributed by atoms with Gasteiger partial charge in [0.15, 0.2) is 0 Å². The molecule has 0 aliphatic rings. The van der Waals surface area contributed by atoms with E-state index in [2.05, 4.69) is 42.5 Å². The molecule has 24 nitrogen and oxygen atoms in total. The predicted octanol–water partition coefficient (Wildman–Crippen LogP) is 1.63. The second-order valence-electron chi connectivity index (χ2n) is 23.8. The highest BCUT2D eigenvalue weighted by Gasteiger charge is 2.36. The molecular formula is C60H110N14O10. The first-order valence-electron chi connectivity index (χ1n) is 30.9. The number of nitrogens with two attached hydrogens (primary N) is 6. The van der Waals surface area contributed by atoms with Crippen LogP contribution in [0.25, 0.3) is 0 Å². The third kappa shape index (κ3) is 32.5. The Hall–Kier alpha value is -5.79. The molecular weight excluding hydrogens is 1080 g/mol. The zero-order chi connectivity index (χ0) is 63.1. The summed E-state index contributed by atoms with van der Waals surface area (Å²) in [5, 5.41) is 22.6. The summed E-state index contributed by atoms with van der Waals surface area (Å²) in [6.07, 6.45) is 7.07. The van der Waals surface area contributed by atoms with E-state index in [1.54, 1.807) is 30.3 Å². The Morgan fingerprint density at radius 3 is 0.857 bits per heavy atom. The van der Waals surface area contributed by atoms with Crippen LogP contribution in [0.2, 0.25) is 0 Å². The minimum Gasteiger partial charge on any atom is -0.425 e. The molecule has 0 heterocycles. The van der Waals surface area contributed by atoms with Crippen LogP contribution in [0.15, 0.2) is 30.3 Å². The second-order valence-corrected chi connectivity index (χ2v) is 23.8. The molecule has 0 aliphatic carbocycles. The quantitative estimate of drug-likeness (QED) is 0.0251. The third-order valence-corrected chi connectivity index (χ3v) is 13.9. The number of hydrogen-bond donors (Lipinski definition) is 14. The number of carbonyl (C=O) groups is 9. The van der Waals surface area contributed by atoms with E-state index in [4.69, 9.17) is 39.1 Å². The maximum absolute atomic E-state index is 14.5. The average Bonchev–Trinajstić information content (AvgIpc) is 3.50. The Morgan fingerprint density at radius 1 is 0.333 bits per heavy atom. The number of para-hydroxylation sites is 1.